The van der Waals surface area contributed by atoms with Crippen LogP contribution < -0.4 is 0 Å². The van der Waals surface area contributed by atoms with Gasteiger partial charge in [-0.25, -0.2) is 0 Å². The summed E-state index contributed by atoms with van der Waals surface area (Å²) in [6.45, 7) is 0. The molecule has 66 valence electrons. The molecule has 1 aliphatic rings. The Morgan fingerprint density at radius 3 is 3.00 bits per heavy atom. The van der Waals surface area contributed by atoms with Crippen LogP contribution in [0.25, 0.3) is 0 Å². The predicted molar refractivity (Wildman–Crippen MR) is 45.8 cm³/mol. The molecule has 0 spiro atoms. The van der Waals surface area contributed by atoms with E-state index in [0.717, 1.165) is 12.8 Å². The van der Waals surface area contributed by atoms with Crippen LogP contribution in [0.15, 0.2) is 23.0 Å². The number of hydrogen-bond acceptors (Lipinski definition) is 2. The molecule has 1 saturated carbocycles. The third-order valence-electron chi connectivity index (χ3n) is 2.48. The van der Waals surface area contributed by atoms with Gasteiger partial charge in [-0.15, -0.1) is 0 Å². The second-order valence-electron chi connectivity index (χ2n) is 3.58. The highest BCUT2D eigenvalue weighted by Gasteiger charge is 2.29. The van der Waals surface area contributed by atoms with Crippen LogP contribution in [0.4, 0.5) is 0 Å². The number of aliphatic hydroxyl groups is 1. The van der Waals surface area contributed by atoms with Crippen LogP contribution in [-0.4, -0.2) is 11.2 Å². The Morgan fingerprint density at radius 2 is 2.42 bits per heavy atom. The first-order chi connectivity index (χ1) is 5.86. The summed E-state index contributed by atoms with van der Waals surface area (Å²) in [5.74, 6) is 0.594. The van der Waals surface area contributed by atoms with Gasteiger partial charge in [0.25, 0.3) is 0 Å². The summed E-state index contributed by atoms with van der Waals surface area (Å²) < 4.78 is 4.94. The van der Waals surface area contributed by atoms with Crippen molar-refractivity contribution >= 4 is 0 Å². The summed E-state index contributed by atoms with van der Waals surface area (Å²) in [6, 6.07) is 1.96. The van der Waals surface area contributed by atoms with Crippen molar-refractivity contribution in [2.45, 2.75) is 31.8 Å². The van der Waals surface area contributed by atoms with Gasteiger partial charge in [0.05, 0.1) is 18.6 Å². The minimum Gasteiger partial charge on any atom is -0.472 e. The van der Waals surface area contributed by atoms with Gasteiger partial charge in [0.1, 0.15) is 0 Å². The first kappa shape index (κ1) is 7.87. The number of furan rings is 1. The quantitative estimate of drug-likeness (QED) is 0.742. The van der Waals surface area contributed by atoms with Gasteiger partial charge in [-0.1, -0.05) is 0 Å². The summed E-state index contributed by atoms with van der Waals surface area (Å²) in [7, 11) is 0. The Morgan fingerprint density at radius 1 is 1.58 bits per heavy atom. The minimum absolute atomic E-state index is 0.0834. The number of hydrogen-bond donors (Lipinski definition) is 1. The Bertz CT molecular complexity index is 224. The number of aryl methyl sites for hydroxylation is 1. The van der Waals surface area contributed by atoms with Crippen LogP contribution in [0.3, 0.4) is 0 Å². The molecule has 1 fully saturated rings. The fraction of sp³-hybridized carbons (Fsp3) is 0.600. The molecule has 0 aliphatic heterocycles. The van der Waals surface area contributed by atoms with Gasteiger partial charge in [-0.05, 0) is 43.2 Å². The van der Waals surface area contributed by atoms with Gasteiger partial charge >= 0.3 is 0 Å². The van der Waals surface area contributed by atoms with E-state index in [4.69, 9.17) is 4.42 Å². The third kappa shape index (κ3) is 1.89. The molecule has 0 saturated heterocycles. The summed E-state index contributed by atoms with van der Waals surface area (Å²) in [4.78, 5) is 0. The lowest BCUT2D eigenvalue weighted by atomic mass is 10.1. The molecule has 1 atom stereocenters. The maximum atomic E-state index is 9.56. The molecule has 2 heteroatoms. The highest BCUT2D eigenvalue weighted by Crippen LogP contribution is 2.34. The van der Waals surface area contributed by atoms with E-state index in [0.29, 0.717) is 5.92 Å². The standard InChI is InChI=1S/C10H14O2/c11-10(9-2-3-9)4-1-8-5-6-12-7-8/h5-7,9-11H,1-4H2. The molecule has 1 unspecified atom stereocenters. The Hall–Kier alpha value is -0.760. The van der Waals surface area contributed by atoms with Gasteiger partial charge in [-0.2, -0.15) is 0 Å². The average Bonchev–Trinajstić information content (AvgIpc) is 2.80. The van der Waals surface area contributed by atoms with Crippen LogP contribution in [0.1, 0.15) is 24.8 Å². The lowest BCUT2D eigenvalue weighted by Crippen LogP contribution is -2.09. The summed E-state index contributed by atoms with van der Waals surface area (Å²) >= 11 is 0. The van der Waals surface area contributed by atoms with Gasteiger partial charge in [-0.3, -0.25) is 0 Å². The van der Waals surface area contributed by atoms with E-state index in [1.807, 2.05) is 6.07 Å². The molecule has 1 aliphatic carbocycles. The summed E-state index contributed by atoms with van der Waals surface area (Å²) in [5, 5.41) is 9.56. The fourth-order valence-corrected chi connectivity index (χ4v) is 1.47. The molecule has 0 aromatic carbocycles. The minimum atomic E-state index is -0.0834. The third-order valence-corrected chi connectivity index (χ3v) is 2.48. The zero-order valence-corrected chi connectivity index (χ0v) is 7.07. The van der Waals surface area contributed by atoms with Gasteiger partial charge in [0, 0.05) is 0 Å². The van der Waals surface area contributed by atoms with E-state index in [-0.39, 0.29) is 6.10 Å². The molecule has 0 amide bonds. The zero-order chi connectivity index (χ0) is 8.39. The Balaban J connectivity index is 1.74. The highest BCUT2D eigenvalue weighted by molar-refractivity contribution is 5.05. The lowest BCUT2D eigenvalue weighted by Gasteiger charge is -2.06. The molecule has 0 radical (unpaired) electrons. The van der Waals surface area contributed by atoms with Crippen LogP contribution >= 0.6 is 0 Å². The average molecular weight is 166 g/mol. The molecule has 1 N–H and O–H groups in total. The van der Waals surface area contributed by atoms with Crippen molar-refractivity contribution in [3.05, 3.63) is 24.2 Å². The van der Waals surface area contributed by atoms with E-state index in [2.05, 4.69) is 0 Å². The SMILES string of the molecule is OC(CCc1ccoc1)C1CC1. The van der Waals surface area contributed by atoms with Gasteiger partial charge in [0.2, 0.25) is 0 Å². The maximum Gasteiger partial charge on any atom is 0.0934 e. The van der Waals surface area contributed by atoms with Crippen molar-refractivity contribution in [3.8, 4) is 0 Å². The first-order valence-corrected chi connectivity index (χ1v) is 4.55. The van der Waals surface area contributed by atoms with Gasteiger partial charge < -0.3 is 9.52 Å². The highest BCUT2D eigenvalue weighted by atomic mass is 16.3. The molecular formula is C10H14O2. The van der Waals surface area contributed by atoms with E-state index < -0.39 is 0 Å². The van der Waals surface area contributed by atoms with Crippen LogP contribution in [0.5, 0.6) is 0 Å². The van der Waals surface area contributed by atoms with Crippen molar-refractivity contribution < 1.29 is 9.52 Å². The van der Waals surface area contributed by atoms with E-state index in [1.165, 1.54) is 18.4 Å². The molecule has 1 aromatic rings. The smallest absolute Gasteiger partial charge is 0.0934 e. The van der Waals surface area contributed by atoms with E-state index >= 15 is 0 Å². The molecule has 0 bridgehead atoms. The summed E-state index contributed by atoms with van der Waals surface area (Å²) in [6.07, 6.45) is 7.59. The Labute approximate surface area is 72.2 Å². The largest absolute Gasteiger partial charge is 0.472 e. The van der Waals surface area contributed by atoms with Crippen LogP contribution in [0, 0.1) is 5.92 Å². The molecular weight excluding hydrogens is 152 g/mol. The van der Waals surface area contributed by atoms with E-state index in [1.54, 1.807) is 12.5 Å². The normalized spacial score (nSPS) is 19.4. The molecule has 2 nitrogen and oxygen atoms in total. The fourth-order valence-electron chi connectivity index (χ4n) is 1.47. The predicted octanol–water partition coefficient (Wildman–Crippen LogP) is 1.98. The lowest BCUT2D eigenvalue weighted by molar-refractivity contribution is 0.142. The molecule has 12 heavy (non-hydrogen) atoms. The Kier molecular flexibility index (Phi) is 2.17. The second kappa shape index (κ2) is 3.31. The summed E-state index contributed by atoms with van der Waals surface area (Å²) in [5.41, 5.74) is 1.19. The monoisotopic (exact) mass is 166 g/mol. The number of aliphatic hydroxyl groups excluding tert-OH is 1. The van der Waals surface area contributed by atoms with Crippen molar-refractivity contribution in [2.24, 2.45) is 5.92 Å². The van der Waals surface area contributed by atoms with Crippen LogP contribution in [0.2, 0.25) is 0 Å². The number of rotatable bonds is 4. The van der Waals surface area contributed by atoms with Crippen LogP contribution in [-0.2, 0) is 6.42 Å². The van der Waals surface area contributed by atoms with Crippen molar-refractivity contribution in [1.82, 2.24) is 0 Å². The zero-order valence-electron chi connectivity index (χ0n) is 7.07. The topological polar surface area (TPSA) is 33.4 Å². The molecule has 1 aromatic heterocycles. The van der Waals surface area contributed by atoms with Gasteiger partial charge in [0.15, 0.2) is 0 Å². The van der Waals surface area contributed by atoms with Crippen molar-refractivity contribution in [2.75, 3.05) is 0 Å². The molecule has 2 rings (SSSR count). The first-order valence-electron chi connectivity index (χ1n) is 4.55. The van der Waals surface area contributed by atoms with Crippen molar-refractivity contribution in [3.63, 3.8) is 0 Å². The second-order valence-corrected chi connectivity index (χ2v) is 3.58. The van der Waals surface area contributed by atoms with E-state index in [9.17, 15) is 5.11 Å². The van der Waals surface area contributed by atoms with Crippen molar-refractivity contribution in [1.29, 1.82) is 0 Å². The molecule has 1 heterocycles. The maximum absolute atomic E-state index is 9.56.